The molecular formula is C31H29Br2N5OS2. The predicted octanol–water partition coefficient (Wildman–Crippen LogP) is 8.94. The molecule has 0 saturated carbocycles. The minimum absolute atomic E-state index is 0.109. The van der Waals surface area contributed by atoms with Crippen LogP contribution < -0.4 is 5.32 Å². The maximum Gasteiger partial charge on any atom is 0.235 e. The van der Waals surface area contributed by atoms with Crippen molar-refractivity contribution in [2.45, 2.75) is 51.6 Å². The first-order chi connectivity index (χ1) is 19.7. The molecule has 1 aliphatic rings. The molecule has 210 valence electrons. The Kier molecular flexibility index (Phi) is 9.29. The van der Waals surface area contributed by atoms with Crippen molar-refractivity contribution in [3.63, 3.8) is 0 Å². The van der Waals surface area contributed by atoms with Crippen LogP contribution in [0, 0.1) is 22.7 Å². The van der Waals surface area contributed by atoms with Crippen molar-refractivity contribution in [1.82, 2.24) is 15.2 Å². The number of benzene rings is 2. The molecule has 0 radical (unpaired) electrons. The lowest BCUT2D eigenvalue weighted by molar-refractivity contribution is -0.113. The van der Waals surface area contributed by atoms with E-state index >= 15 is 0 Å². The molecule has 5 rings (SSSR count). The molecule has 0 aliphatic heterocycles. The Morgan fingerprint density at radius 1 is 1.07 bits per heavy atom. The van der Waals surface area contributed by atoms with Crippen molar-refractivity contribution in [3.05, 3.63) is 73.5 Å². The Labute approximate surface area is 265 Å². The van der Waals surface area contributed by atoms with Crippen molar-refractivity contribution in [2.24, 2.45) is 11.3 Å². The number of carbonyl (C=O) groups excluding carboxylic acids is 1. The van der Waals surface area contributed by atoms with Gasteiger partial charge in [-0.3, -0.25) is 4.79 Å². The highest BCUT2D eigenvalue weighted by molar-refractivity contribution is 9.10. The summed E-state index contributed by atoms with van der Waals surface area (Å²) in [5.41, 5.74) is 5.14. The smallest absolute Gasteiger partial charge is 0.235 e. The van der Waals surface area contributed by atoms with Crippen molar-refractivity contribution >= 4 is 65.9 Å². The number of nitrogens with one attached hydrogen (secondary N) is 1. The van der Waals surface area contributed by atoms with Crippen LogP contribution in [0.25, 0.3) is 22.5 Å². The zero-order valence-electron chi connectivity index (χ0n) is 23.0. The molecule has 0 saturated heterocycles. The average Bonchev–Trinajstić information content (AvgIpc) is 3.33. The van der Waals surface area contributed by atoms with Crippen LogP contribution in [0.1, 0.15) is 49.6 Å². The summed E-state index contributed by atoms with van der Waals surface area (Å²) in [5, 5.41) is 22.8. The first-order valence-corrected chi connectivity index (χ1v) is 16.8. The van der Waals surface area contributed by atoms with Gasteiger partial charge < -0.3 is 5.32 Å². The summed E-state index contributed by atoms with van der Waals surface area (Å²) in [4.78, 5) is 19.1. The van der Waals surface area contributed by atoms with E-state index in [1.54, 1.807) is 11.3 Å². The van der Waals surface area contributed by atoms with Crippen LogP contribution >= 0.6 is 55.0 Å². The second-order valence-electron chi connectivity index (χ2n) is 10.7. The molecule has 41 heavy (non-hydrogen) atoms. The number of thioether (sulfide) groups is 1. The summed E-state index contributed by atoms with van der Waals surface area (Å²) >= 11 is 9.76. The Balaban J connectivity index is 1.33. The van der Waals surface area contributed by atoms with Gasteiger partial charge in [0, 0.05) is 24.9 Å². The molecule has 1 atom stereocenters. The molecule has 0 unspecified atom stereocenters. The summed E-state index contributed by atoms with van der Waals surface area (Å²) < 4.78 is 1.94. The van der Waals surface area contributed by atoms with Gasteiger partial charge in [-0.1, -0.05) is 95.1 Å². The molecule has 6 nitrogen and oxygen atoms in total. The SMILES string of the molecule is CCC(C)(C)[C@@H]1CCc2c(sc(NC(=O)CSc3nnc(-c4ccc(Br)cc4)c(-c4ccc(Br)cc4)n3)c2C#N)C1. The number of carbonyl (C=O) groups is 1. The molecule has 1 aliphatic carbocycles. The zero-order chi connectivity index (χ0) is 29.1. The third-order valence-corrected chi connectivity index (χ3v) is 10.9. The number of halogens is 2. The summed E-state index contributed by atoms with van der Waals surface area (Å²) in [7, 11) is 0. The lowest BCUT2D eigenvalue weighted by Gasteiger charge is -2.36. The first kappa shape index (κ1) is 29.9. The summed E-state index contributed by atoms with van der Waals surface area (Å²) in [6.45, 7) is 6.89. The van der Waals surface area contributed by atoms with Crippen LogP contribution in [-0.2, 0) is 17.6 Å². The summed E-state index contributed by atoms with van der Waals surface area (Å²) in [5.74, 6) is 0.494. The molecule has 10 heteroatoms. The predicted molar refractivity (Wildman–Crippen MR) is 174 cm³/mol. The van der Waals surface area contributed by atoms with Crippen LogP contribution in [0.3, 0.4) is 0 Å². The number of aromatic nitrogens is 3. The van der Waals surface area contributed by atoms with Crippen LogP contribution in [0.4, 0.5) is 5.00 Å². The van der Waals surface area contributed by atoms with Gasteiger partial charge >= 0.3 is 0 Å². The lowest BCUT2D eigenvalue weighted by Crippen LogP contribution is -2.28. The highest BCUT2D eigenvalue weighted by Gasteiger charge is 2.34. The van der Waals surface area contributed by atoms with E-state index in [1.165, 1.54) is 16.6 Å². The second-order valence-corrected chi connectivity index (χ2v) is 14.6. The third kappa shape index (κ3) is 6.75. The fraction of sp³-hybridized carbons (Fsp3) is 0.323. The van der Waals surface area contributed by atoms with Gasteiger partial charge in [0.15, 0.2) is 0 Å². The van der Waals surface area contributed by atoms with Gasteiger partial charge in [0.05, 0.1) is 11.3 Å². The minimum Gasteiger partial charge on any atom is -0.316 e. The van der Waals surface area contributed by atoms with E-state index in [-0.39, 0.29) is 17.1 Å². The van der Waals surface area contributed by atoms with Crippen molar-refractivity contribution in [1.29, 1.82) is 5.26 Å². The van der Waals surface area contributed by atoms with Gasteiger partial charge in [-0.05, 0) is 60.4 Å². The van der Waals surface area contributed by atoms with E-state index in [9.17, 15) is 10.1 Å². The average molecular weight is 712 g/mol. The van der Waals surface area contributed by atoms with E-state index in [0.717, 1.165) is 51.3 Å². The number of hydrogen-bond donors (Lipinski definition) is 1. The summed E-state index contributed by atoms with van der Waals surface area (Å²) in [6.07, 6.45) is 4.04. The fourth-order valence-electron chi connectivity index (χ4n) is 5.02. The molecule has 2 aromatic carbocycles. The van der Waals surface area contributed by atoms with Gasteiger partial charge in [0.25, 0.3) is 0 Å². The molecule has 1 amide bonds. The van der Waals surface area contributed by atoms with Gasteiger partial charge in [0.2, 0.25) is 11.1 Å². The Bertz CT molecular complexity index is 1610. The molecule has 2 heterocycles. The van der Waals surface area contributed by atoms with Crippen molar-refractivity contribution in [3.8, 4) is 28.6 Å². The maximum absolute atomic E-state index is 13.0. The number of nitrogens with zero attached hydrogens (tertiary/aromatic N) is 4. The van der Waals surface area contributed by atoms with Crippen LogP contribution in [0.2, 0.25) is 0 Å². The molecule has 1 N–H and O–H groups in total. The number of thiophene rings is 1. The van der Waals surface area contributed by atoms with E-state index in [1.807, 2.05) is 48.5 Å². The van der Waals surface area contributed by atoms with Crippen LogP contribution in [0.15, 0.2) is 62.6 Å². The molecule has 0 bridgehead atoms. The Hall–Kier alpha value is -2.58. The van der Waals surface area contributed by atoms with Gasteiger partial charge in [-0.2, -0.15) is 5.26 Å². The number of anilines is 1. The molecule has 0 fully saturated rings. The maximum atomic E-state index is 13.0. The van der Waals surface area contributed by atoms with Gasteiger partial charge in [0.1, 0.15) is 22.5 Å². The van der Waals surface area contributed by atoms with Gasteiger partial charge in [-0.25, -0.2) is 4.98 Å². The highest BCUT2D eigenvalue weighted by atomic mass is 79.9. The number of amides is 1. The lowest BCUT2D eigenvalue weighted by atomic mass is 9.69. The minimum atomic E-state index is -0.193. The number of hydrogen-bond acceptors (Lipinski definition) is 7. The Morgan fingerprint density at radius 2 is 1.71 bits per heavy atom. The van der Waals surface area contributed by atoms with Crippen LogP contribution in [0.5, 0.6) is 0 Å². The molecule has 4 aromatic rings. The van der Waals surface area contributed by atoms with Gasteiger partial charge in [-0.15, -0.1) is 21.5 Å². The molecule has 2 aromatic heterocycles. The van der Waals surface area contributed by atoms with E-state index in [4.69, 9.17) is 4.98 Å². The normalized spacial score (nSPS) is 14.8. The number of fused-ring (bicyclic) bond motifs is 1. The van der Waals surface area contributed by atoms with E-state index in [2.05, 4.69) is 74.2 Å². The standard InChI is InChI=1S/C31H29Br2N5OS2/c1-4-31(2,3)20-9-14-23-24(16-34)29(41-25(23)15-20)35-26(39)17-40-30-36-27(18-5-10-21(32)11-6-18)28(37-38-30)19-7-12-22(33)13-8-19/h5-8,10-13,20H,4,9,14-15,17H2,1-3H3,(H,35,39)/t20-/m1/s1. The highest BCUT2D eigenvalue weighted by Crippen LogP contribution is 2.45. The quantitative estimate of drug-likeness (QED) is 0.184. The molecule has 0 spiro atoms. The monoisotopic (exact) mass is 709 g/mol. The third-order valence-electron chi connectivity index (χ3n) is 7.88. The number of nitriles is 1. The second kappa shape index (κ2) is 12.7. The van der Waals surface area contributed by atoms with Crippen molar-refractivity contribution in [2.75, 3.05) is 11.1 Å². The van der Waals surface area contributed by atoms with Crippen molar-refractivity contribution < 1.29 is 4.79 Å². The van der Waals surface area contributed by atoms with Crippen LogP contribution in [-0.4, -0.2) is 26.8 Å². The van der Waals surface area contributed by atoms with E-state index < -0.39 is 0 Å². The first-order valence-electron chi connectivity index (χ1n) is 13.4. The van der Waals surface area contributed by atoms with E-state index in [0.29, 0.717) is 33.0 Å². The molecular weight excluding hydrogens is 682 g/mol. The largest absolute Gasteiger partial charge is 0.316 e. The number of rotatable bonds is 8. The summed E-state index contributed by atoms with van der Waals surface area (Å²) in [6, 6.07) is 18.1. The fourth-order valence-corrected chi connectivity index (χ4v) is 7.43. The topological polar surface area (TPSA) is 91.6 Å². The zero-order valence-corrected chi connectivity index (χ0v) is 27.8. The Morgan fingerprint density at radius 3 is 2.32 bits per heavy atom.